The summed E-state index contributed by atoms with van der Waals surface area (Å²) >= 11 is 5.93. The summed E-state index contributed by atoms with van der Waals surface area (Å²) in [5.74, 6) is -0.628. The summed E-state index contributed by atoms with van der Waals surface area (Å²) in [6.07, 6.45) is 0. The summed E-state index contributed by atoms with van der Waals surface area (Å²) in [6.45, 7) is 7.18. The quantitative estimate of drug-likeness (QED) is 0.309. The number of carboxylic acids is 1. The van der Waals surface area contributed by atoms with Gasteiger partial charge in [-0.1, -0.05) is 17.7 Å². The van der Waals surface area contributed by atoms with Crippen LogP contribution in [0.3, 0.4) is 0 Å². The lowest BCUT2D eigenvalue weighted by Gasteiger charge is -2.61. The molecular formula is C30H25ClN8O2. The fraction of sp³-hybridized carbons (Fsp3) is 0.267. The van der Waals surface area contributed by atoms with Crippen molar-refractivity contribution < 1.29 is 9.90 Å². The number of fused-ring (bicyclic) bond motifs is 1. The van der Waals surface area contributed by atoms with Crippen molar-refractivity contribution in [1.82, 2.24) is 15.0 Å². The number of hydrogen-bond acceptors (Lipinski definition) is 9. The van der Waals surface area contributed by atoms with Crippen LogP contribution in [0.25, 0.3) is 11.0 Å². The van der Waals surface area contributed by atoms with E-state index < -0.39 is 5.97 Å². The maximum atomic E-state index is 11.8. The van der Waals surface area contributed by atoms with Gasteiger partial charge in [0.2, 0.25) is 0 Å². The van der Waals surface area contributed by atoms with Gasteiger partial charge < -0.3 is 20.2 Å². The van der Waals surface area contributed by atoms with Crippen molar-refractivity contribution in [3.05, 3.63) is 81.8 Å². The number of halogens is 1. The second-order valence-electron chi connectivity index (χ2n) is 10.8. The fourth-order valence-corrected chi connectivity index (χ4v) is 5.93. The Balaban J connectivity index is 1.26. The molecule has 2 aromatic carbocycles. The summed E-state index contributed by atoms with van der Waals surface area (Å²) < 4.78 is 0. The second kappa shape index (κ2) is 9.92. The Hall–Kier alpha value is -4.93. The number of pyridine rings is 1. The zero-order valence-electron chi connectivity index (χ0n) is 22.4. The highest BCUT2D eigenvalue weighted by Crippen LogP contribution is 2.44. The monoisotopic (exact) mass is 564 g/mol. The van der Waals surface area contributed by atoms with E-state index in [0.717, 1.165) is 43.0 Å². The third-order valence-electron chi connectivity index (χ3n) is 7.70. The van der Waals surface area contributed by atoms with Crippen molar-refractivity contribution in [3.63, 3.8) is 0 Å². The SMILES string of the molecule is Cc1cc([C@@H](C)Nc2ccc(Cl)nc2C(=O)O)c2nc(N3CC4(CN(c5ccc(C#N)cc5)C4)C3)c(C#N)nc2c1. The van der Waals surface area contributed by atoms with E-state index in [-0.39, 0.29) is 28.0 Å². The molecule has 0 aliphatic carbocycles. The minimum absolute atomic E-state index is 0.0972. The van der Waals surface area contributed by atoms with Gasteiger partial charge in [-0.25, -0.2) is 19.7 Å². The number of carbonyl (C=O) groups is 1. The number of aryl methyl sites for hydroxylation is 1. The summed E-state index contributed by atoms with van der Waals surface area (Å²) in [4.78, 5) is 29.8. The van der Waals surface area contributed by atoms with Gasteiger partial charge >= 0.3 is 5.97 Å². The molecule has 2 fully saturated rings. The highest BCUT2D eigenvalue weighted by Gasteiger charge is 2.52. The first-order chi connectivity index (χ1) is 19.7. The van der Waals surface area contributed by atoms with Crippen molar-refractivity contribution in [2.24, 2.45) is 5.41 Å². The molecule has 10 nitrogen and oxygen atoms in total. The zero-order valence-corrected chi connectivity index (χ0v) is 23.1. The molecule has 0 bridgehead atoms. The number of aromatic carboxylic acids is 1. The van der Waals surface area contributed by atoms with Gasteiger partial charge in [0.15, 0.2) is 17.2 Å². The zero-order chi connectivity index (χ0) is 28.9. The molecule has 1 atom stereocenters. The molecule has 204 valence electrons. The molecule has 2 aliphatic rings. The lowest BCUT2D eigenvalue weighted by molar-refractivity contribution is 0.0691. The van der Waals surface area contributed by atoms with Crippen molar-refractivity contribution in [1.29, 1.82) is 10.5 Å². The smallest absolute Gasteiger partial charge is 0.356 e. The third-order valence-corrected chi connectivity index (χ3v) is 7.91. The van der Waals surface area contributed by atoms with Crippen molar-refractivity contribution in [2.45, 2.75) is 19.9 Å². The summed E-state index contributed by atoms with van der Waals surface area (Å²) in [5, 5.41) is 31.9. The van der Waals surface area contributed by atoms with E-state index in [9.17, 15) is 15.2 Å². The molecule has 2 N–H and O–H groups in total. The molecule has 6 rings (SSSR count). The van der Waals surface area contributed by atoms with Crippen LogP contribution >= 0.6 is 11.6 Å². The van der Waals surface area contributed by atoms with Crippen LogP contribution in [-0.2, 0) is 0 Å². The highest BCUT2D eigenvalue weighted by molar-refractivity contribution is 6.29. The van der Waals surface area contributed by atoms with Crippen LogP contribution < -0.4 is 15.1 Å². The number of benzene rings is 2. The number of nitriles is 2. The summed E-state index contributed by atoms with van der Waals surface area (Å²) in [7, 11) is 0. The lowest BCUT2D eigenvalue weighted by atomic mass is 9.72. The van der Waals surface area contributed by atoms with Gasteiger partial charge in [-0.15, -0.1) is 0 Å². The van der Waals surface area contributed by atoms with E-state index in [2.05, 4.69) is 37.2 Å². The Kier molecular flexibility index (Phi) is 6.36. The molecule has 0 saturated carbocycles. The van der Waals surface area contributed by atoms with Crippen molar-refractivity contribution >= 4 is 45.8 Å². The van der Waals surface area contributed by atoms with Gasteiger partial charge in [-0.2, -0.15) is 10.5 Å². The fourth-order valence-electron chi connectivity index (χ4n) is 5.78. The molecule has 41 heavy (non-hydrogen) atoms. The summed E-state index contributed by atoms with van der Waals surface area (Å²) in [6, 6.07) is 18.7. The first kappa shape index (κ1) is 26.3. The molecule has 0 amide bonds. The first-order valence-corrected chi connectivity index (χ1v) is 13.5. The van der Waals surface area contributed by atoms with E-state index in [1.165, 1.54) is 6.07 Å². The van der Waals surface area contributed by atoms with Crippen LogP contribution in [-0.4, -0.2) is 52.2 Å². The highest BCUT2D eigenvalue weighted by atomic mass is 35.5. The maximum Gasteiger partial charge on any atom is 0.356 e. The van der Waals surface area contributed by atoms with Gasteiger partial charge in [-0.3, -0.25) is 0 Å². The van der Waals surface area contributed by atoms with Gasteiger partial charge in [0, 0.05) is 42.8 Å². The molecule has 2 aromatic heterocycles. The number of rotatable bonds is 6. The van der Waals surface area contributed by atoms with Gasteiger partial charge in [-0.05, 0) is 61.9 Å². The van der Waals surface area contributed by atoms with E-state index in [4.69, 9.17) is 21.8 Å². The van der Waals surface area contributed by atoms with E-state index in [1.807, 2.05) is 50.2 Å². The molecule has 0 unspecified atom stereocenters. The Bertz CT molecular complexity index is 1780. The second-order valence-corrected chi connectivity index (χ2v) is 11.2. The molecule has 0 radical (unpaired) electrons. The molecular weight excluding hydrogens is 540 g/mol. The van der Waals surface area contributed by atoms with Crippen LogP contribution in [0, 0.1) is 35.0 Å². The normalized spacial score (nSPS) is 15.9. The number of nitrogens with zero attached hydrogens (tertiary/aromatic N) is 7. The molecule has 4 heterocycles. The standard InChI is InChI=1S/C30H25ClN8O2/c1-17-9-21(18(2)34-22-7-8-25(31)36-27(22)29(40)41)26-23(10-17)35-24(12-33)28(37-26)39-15-30(16-39)13-38(14-30)20-5-3-19(11-32)4-6-20/h3-10,18,34H,13-16H2,1-2H3,(H,40,41)/t18-/m1/s1. The predicted molar refractivity (Wildman–Crippen MR) is 155 cm³/mol. The number of hydrogen-bond donors (Lipinski definition) is 2. The Morgan fingerprint density at radius 2 is 1.73 bits per heavy atom. The molecule has 2 aliphatic heterocycles. The van der Waals surface area contributed by atoms with Gasteiger partial charge in [0.1, 0.15) is 11.2 Å². The average molecular weight is 565 g/mol. The molecule has 11 heteroatoms. The molecule has 4 aromatic rings. The van der Waals surface area contributed by atoms with E-state index in [0.29, 0.717) is 28.1 Å². The topological polar surface area (TPSA) is 142 Å². The number of carboxylic acid groups (broad SMARTS) is 1. The molecule has 2 saturated heterocycles. The molecule has 1 spiro atoms. The largest absolute Gasteiger partial charge is 0.476 e. The van der Waals surface area contributed by atoms with E-state index >= 15 is 0 Å². The number of nitrogens with one attached hydrogen (secondary N) is 1. The van der Waals surface area contributed by atoms with Crippen LogP contribution in [0.1, 0.15) is 45.8 Å². The minimum atomic E-state index is -1.18. The van der Waals surface area contributed by atoms with Gasteiger partial charge in [0.25, 0.3) is 0 Å². The maximum absolute atomic E-state index is 11.8. The number of aromatic nitrogens is 3. The van der Waals surface area contributed by atoms with Crippen LogP contribution in [0.5, 0.6) is 0 Å². The number of anilines is 3. The predicted octanol–water partition coefficient (Wildman–Crippen LogP) is 4.93. The van der Waals surface area contributed by atoms with Gasteiger partial charge in [0.05, 0.1) is 34.4 Å². The third kappa shape index (κ3) is 4.73. The first-order valence-electron chi connectivity index (χ1n) is 13.1. The van der Waals surface area contributed by atoms with Crippen molar-refractivity contribution in [3.8, 4) is 12.1 Å². The summed E-state index contributed by atoms with van der Waals surface area (Å²) in [5.41, 5.74) is 5.34. The lowest BCUT2D eigenvalue weighted by Crippen LogP contribution is -2.72. The average Bonchev–Trinajstić information content (AvgIpc) is 2.91. The van der Waals surface area contributed by atoms with E-state index in [1.54, 1.807) is 6.07 Å². The Morgan fingerprint density at radius 1 is 1.02 bits per heavy atom. The van der Waals surface area contributed by atoms with Crippen LogP contribution in [0.4, 0.5) is 17.2 Å². The Labute approximate surface area is 241 Å². The minimum Gasteiger partial charge on any atom is -0.476 e. The Morgan fingerprint density at radius 3 is 2.39 bits per heavy atom. The van der Waals surface area contributed by atoms with Crippen molar-refractivity contribution in [2.75, 3.05) is 41.3 Å². The van der Waals surface area contributed by atoms with Crippen LogP contribution in [0.2, 0.25) is 5.15 Å². The van der Waals surface area contributed by atoms with Crippen LogP contribution in [0.15, 0.2) is 48.5 Å².